The lowest BCUT2D eigenvalue weighted by Gasteiger charge is -2.11. The summed E-state index contributed by atoms with van der Waals surface area (Å²) in [4.78, 5) is 0. The molecule has 0 fully saturated rings. The van der Waals surface area contributed by atoms with E-state index >= 15 is 0 Å². The minimum atomic E-state index is -4.67. The summed E-state index contributed by atoms with van der Waals surface area (Å²) < 4.78 is 41.2. The summed E-state index contributed by atoms with van der Waals surface area (Å²) in [6.45, 7) is 0. The number of hydrogen-bond acceptors (Lipinski definition) is 1. The number of rotatable bonds is 3. The Balaban J connectivity index is 2.23. The van der Waals surface area contributed by atoms with Crippen molar-refractivity contribution in [2.24, 2.45) is 0 Å². The predicted molar refractivity (Wildman–Crippen MR) is 70.1 cm³/mol. The van der Waals surface area contributed by atoms with E-state index in [1.807, 2.05) is 30.3 Å². The Morgan fingerprint density at radius 3 is 2.32 bits per heavy atom. The fourth-order valence-electron chi connectivity index (χ4n) is 1.70. The summed E-state index contributed by atoms with van der Waals surface area (Å²) in [5.74, 6) is -0.207. The standard InChI is InChI=1S/C14H10BrF3O/c15-13-7-6-12(19-14(16,17)18)9-11(13)8-10-4-2-1-3-5-10/h1-7,9H,8H2. The van der Waals surface area contributed by atoms with Gasteiger partial charge in [-0.05, 0) is 35.7 Å². The van der Waals surface area contributed by atoms with Gasteiger partial charge in [-0.15, -0.1) is 13.2 Å². The number of benzene rings is 2. The van der Waals surface area contributed by atoms with Gasteiger partial charge in [-0.3, -0.25) is 0 Å². The smallest absolute Gasteiger partial charge is 0.406 e. The van der Waals surface area contributed by atoms with Crippen LogP contribution in [0.1, 0.15) is 11.1 Å². The van der Waals surface area contributed by atoms with Crippen molar-refractivity contribution in [3.63, 3.8) is 0 Å². The highest BCUT2D eigenvalue weighted by molar-refractivity contribution is 9.10. The molecule has 0 bridgehead atoms. The van der Waals surface area contributed by atoms with Gasteiger partial charge in [0, 0.05) is 4.47 Å². The molecule has 0 atom stereocenters. The maximum absolute atomic E-state index is 12.2. The second-order valence-corrected chi connectivity index (χ2v) is 4.82. The molecule has 0 unspecified atom stereocenters. The predicted octanol–water partition coefficient (Wildman–Crippen LogP) is 4.94. The van der Waals surface area contributed by atoms with Crippen LogP contribution in [-0.2, 0) is 6.42 Å². The first-order valence-corrected chi connectivity index (χ1v) is 6.31. The molecule has 0 aliphatic carbocycles. The molecule has 1 nitrogen and oxygen atoms in total. The van der Waals surface area contributed by atoms with Gasteiger partial charge < -0.3 is 4.74 Å². The van der Waals surface area contributed by atoms with Crippen molar-refractivity contribution < 1.29 is 17.9 Å². The van der Waals surface area contributed by atoms with E-state index in [0.717, 1.165) is 15.6 Å². The van der Waals surface area contributed by atoms with E-state index in [9.17, 15) is 13.2 Å². The molecule has 0 aliphatic rings. The van der Waals surface area contributed by atoms with Gasteiger partial charge in [0.05, 0.1) is 0 Å². The summed E-state index contributed by atoms with van der Waals surface area (Å²) >= 11 is 3.33. The topological polar surface area (TPSA) is 9.23 Å². The van der Waals surface area contributed by atoms with E-state index in [0.29, 0.717) is 6.42 Å². The van der Waals surface area contributed by atoms with Gasteiger partial charge in [-0.1, -0.05) is 46.3 Å². The van der Waals surface area contributed by atoms with Crippen molar-refractivity contribution in [1.82, 2.24) is 0 Å². The number of halogens is 4. The third kappa shape index (κ3) is 4.28. The van der Waals surface area contributed by atoms with E-state index in [2.05, 4.69) is 20.7 Å². The molecular weight excluding hydrogens is 321 g/mol. The van der Waals surface area contributed by atoms with Gasteiger partial charge in [0.15, 0.2) is 0 Å². The van der Waals surface area contributed by atoms with Gasteiger partial charge >= 0.3 is 6.36 Å². The third-order valence-corrected chi connectivity index (χ3v) is 3.26. The van der Waals surface area contributed by atoms with Gasteiger partial charge in [0.25, 0.3) is 0 Å². The normalized spacial score (nSPS) is 11.4. The van der Waals surface area contributed by atoms with Crippen molar-refractivity contribution in [3.8, 4) is 5.75 Å². The summed E-state index contributed by atoms with van der Waals surface area (Å²) in [7, 11) is 0. The van der Waals surface area contributed by atoms with E-state index in [-0.39, 0.29) is 5.75 Å². The summed E-state index contributed by atoms with van der Waals surface area (Å²) in [6.07, 6.45) is -4.13. The highest BCUT2D eigenvalue weighted by Gasteiger charge is 2.31. The van der Waals surface area contributed by atoms with E-state index < -0.39 is 6.36 Å². The lowest BCUT2D eigenvalue weighted by molar-refractivity contribution is -0.274. The second kappa shape index (κ2) is 5.65. The van der Waals surface area contributed by atoms with Crippen LogP contribution in [0.2, 0.25) is 0 Å². The van der Waals surface area contributed by atoms with Crippen molar-refractivity contribution in [2.75, 3.05) is 0 Å². The fourth-order valence-corrected chi connectivity index (χ4v) is 2.09. The van der Waals surface area contributed by atoms with Crippen LogP contribution in [0.4, 0.5) is 13.2 Å². The maximum atomic E-state index is 12.2. The third-order valence-electron chi connectivity index (χ3n) is 2.49. The van der Waals surface area contributed by atoms with Crippen molar-refractivity contribution in [3.05, 3.63) is 64.1 Å². The van der Waals surface area contributed by atoms with Crippen LogP contribution in [0, 0.1) is 0 Å². The SMILES string of the molecule is FC(F)(F)Oc1ccc(Br)c(Cc2ccccc2)c1. The molecule has 0 saturated carbocycles. The first-order valence-electron chi connectivity index (χ1n) is 5.52. The van der Waals surface area contributed by atoms with Crippen molar-refractivity contribution in [1.29, 1.82) is 0 Å². The number of alkyl halides is 3. The van der Waals surface area contributed by atoms with Crippen LogP contribution in [0.25, 0.3) is 0 Å². The van der Waals surface area contributed by atoms with Crippen molar-refractivity contribution in [2.45, 2.75) is 12.8 Å². The van der Waals surface area contributed by atoms with Crippen LogP contribution < -0.4 is 4.74 Å². The Morgan fingerprint density at radius 2 is 1.68 bits per heavy atom. The average Bonchev–Trinajstić information content (AvgIpc) is 2.33. The molecular formula is C14H10BrF3O. The maximum Gasteiger partial charge on any atom is 0.573 e. The Bertz CT molecular complexity index is 552. The summed E-state index contributed by atoms with van der Waals surface area (Å²) in [6, 6.07) is 13.7. The van der Waals surface area contributed by atoms with Crippen LogP contribution >= 0.6 is 15.9 Å². The van der Waals surface area contributed by atoms with Crippen LogP contribution in [0.5, 0.6) is 5.75 Å². The van der Waals surface area contributed by atoms with Crippen LogP contribution in [0.15, 0.2) is 53.0 Å². The molecule has 0 aliphatic heterocycles. The molecule has 2 aromatic carbocycles. The Kier molecular flexibility index (Phi) is 4.14. The minimum absolute atomic E-state index is 0.207. The summed E-state index contributed by atoms with van der Waals surface area (Å²) in [5.41, 5.74) is 1.76. The molecule has 0 heterocycles. The van der Waals surface area contributed by atoms with Crippen LogP contribution in [-0.4, -0.2) is 6.36 Å². The molecule has 19 heavy (non-hydrogen) atoms. The van der Waals surface area contributed by atoms with Crippen molar-refractivity contribution >= 4 is 15.9 Å². The second-order valence-electron chi connectivity index (χ2n) is 3.96. The fraction of sp³-hybridized carbons (Fsp3) is 0.143. The first-order chi connectivity index (χ1) is 8.94. The zero-order valence-electron chi connectivity index (χ0n) is 9.75. The van der Waals surface area contributed by atoms with Gasteiger partial charge in [-0.25, -0.2) is 0 Å². The minimum Gasteiger partial charge on any atom is -0.406 e. The zero-order chi connectivity index (χ0) is 13.9. The average molecular weight is 331 g/mol. The molecule has 0 aromatic heterocycles. The number of ether oxygens (including phenoxy) is 1. The molecule has 2 aromatic rings. The van der Waals surface area contributed by atoms with E-state index in [1.54, 1.807) is 6.07 Å². The monoisotopic (exact) mass is 330 g/mol. The molecule has 2 rings (SSSR count). The van der Waals surface area contributed by atoms with Crippen LogP contribution in [0.3, 0.4) is 0 Å². The molecule has 5 heteroatoms. The largest absolute Gasteiger partial charge is 0.573 e. The Morgan fingerprint density at radius 1 is 1.00 bits per heavy atom. The summed E-state index contributed by atoms with van der Waals surface area (Å²) in [5, 5.41) is 0. The lowest BCUT2D eigenvalue weighted by atomic mass is 10.1. The molecule has 0 spiro atoms. The number of hydrogen-bond donors (Lipinski definition) is 0. The Labute approximate surface area is 117 Å². The molecule has 0 radical (unpaired) electrons. The quantitative estimate of drug-likeness (QED) is 0.774. The van der Waals surface area contributed by atoms with Gasteiger partial charge in [0.1, 0.15) is 5.75 Å². The van der Waals surface area contributed by atoms with E-state index in [4.69, 9.17) is 0 Å². The first kappa shape index (κ1) is 13.9. The molecule has 0 amide bonds. The van der Waals surface area contributed by atoms with E-state index in [1.165, 1.54) is 12.1 Å². The molecule has 0 N–H and O–H groups in total. The Hall–Kier alpha value is -1.49. The zero-order valence-corrected chi connectivity index (χ0v) is 11.3. The van der Waals surface area contributed by atoms with Gasteiger partial charge in [-0.2, -0.15) is 0 Å². The lowest BCUT2D eigenvalue weighted by Crippen LogP contribution is -2.17. The highest BCUT2D eigenvalue weighted by atomic mass is 79.9. The molecule has 100 valence electrons. The van der Waals surface area contributed by atoms with Gasteiger partial charge in [0.2, 0.25) is 0 Å². The highest BCUT2D eigenvalue weighted by Crippen LogP contribution is 2.28. The molecule has 0 saturated heterocycles.